The molecule has 2 unspecified atom stereocenters. The minimum absolute atomic E-state index is 0.0673. The molecule has 1 aromatic heterocycles. The second kappa shape index (κ2) is 4.14. The maximum Gasteiger partial charge on any atom is 0.161 e. The molecule has 4 nitrogen and oxygen atoms in total. The van der Waals surface area contributed by atoms with Crippen LogP contribution in [0.1, 0.15) is 28.8 Å². The Hall–Kier alpha value is -1.81. The van der Waals surface area contributed by atoms with Crippen LogP contribution < -0.4 is 10.5 Å². The minimum atomic E-state index is -0.0673. The van der Waals surface area contributed by atoms with Crippen LogP contribution >= 0.6 is 0 Å². The number of fused-ring (bicyclic) bond motifs is 1. The van der Waals surface area contributed by atoms with Gasteiger partial charge in [-0.05, 0) is 17.5 Å². The van der Waals surface area contributed by atoms with E-state index in [1.165, 1.54) is 11.1 Å². The predicted molar refractivity (Wildman–Crippen MR) is 69.6 cm³/mol. The van der Waals surface area contributed by atoms with Crippen molar-refractivity contribution >= 4 is 0 Å². The van der Waals surface area contributed by atoms with Crippen LogP contribution in [-0.4, -0.2) is 16.9 Å². The summed E-state index contributed by atoms with van der Waals surface area (Å²) in [4.78, 5) is 0. The van der Waals surface area contributed by atoms with Gasteiger partial charge >= 0.3 is 0 Å². The number of benzene rings is 1. The second-order valence-corrected chi connectivity index (χ2v) is 4.76. The van der Waals surface area contributed by atoms with E-state index in [1.807, 2.05) is 11.7 Å². The lowest BCUT2D eigenvalue weighted by Crippen LogP contribution is -2.30. The molecule has 0 saturated carbocycles. The zero-order valence-electron chi connectivity index (χ0n) is 10.6. The molecule has 0 radical (unpaired) electrons. The number of hydrogen-bond donors (Lipinski definition) is 1. The molecule has 1 aliphatic carbocycles. The lowest BCUT2D eigenvalue weighted by Gasteiger charge is -2.34. The average molecular weight is 243 g/mol. The van der Waals surface area contributed by atoms with Crippen LogP contribution in [0.5, 0.6) is 5.75 Å². The van der Waals surface area contributed by atoms with E-state index >= 15 is 0 Å². The molecular weight excluding hydrogens is 226 g/mol. The first-order chi connectivity index (χ1) is 8.72. The van der Waals surface area contributed by atoms with Crippen molar-refractivity contribution in [1.82, 2.24) is 9.78 Å². The summed E-state index contributed by atoms with van der Waals surface area (Å²) >= 11 is 0. The molecule has 1 aliphatic rings. The highest BCUT2D eigenvalue weighted by Crippen LogP contribution is 2.43. The van der Waals surface area contributed by atoms with Gasteiger partial charge in [0, 0.05) is 13.0 Å². The van der Waals surface area contributed by atoms with Gasteiger partial charge in [-0.2, -0.15) is 5.10 Å². The first-order valence-corrected chi connectivity index (χ1v) is 6.11. The highest BCUT2D eigenvalue weighted by Gasteiger charge is 2.34. The predicted octanol–water partition coefficient (Wildman–Crippen LogP) is 1.77. The Labute approximate surface area is 106 Å². The third-order valence-electron chi connectivity index (χ3n) is 3.81. The van der Waals surface area contributed by atoms with Crippen molar-refractivity contribution in [3.05, 3.63) is 47.3 Å². The van der Waals surface area contributed by atoms with Gasteiger partial charge in [0.1, 0.15) is 0 Å². The molecule has 3 rings (SSSR count). The Kier molecular flexibility index (Phi) is 2.59. The summed E-state index contributed by atoms with van der Waals surface area (Å²) in [5, 5.41) is 4.22. The molecule has 94 valence electrons. The standard InChI is InChI=1S/C14H17N3O/c1-17-14(12(18-2)8-16-17)13(15)11-7-9-5-3-4-6-10(9)11/h3-6,8,11,13H,7,15H2,1-2H3. The van der Waals surface area contributed by atoms with Gasteiger partial charge in [0.2, 0.25) is 0 Å². The highest BCUT2D eigenvalue weighted by molar-refractivity contribution is 5.43. The van der Waals surface area contributed by atoms with E-state index in [4.69, 9.17) is 10.5 Å². The van der Waals surface area contributed by atoms with Gasteiger partial charge in [0.25, 0.3) is 0 Å². The van der Waals surface area contributed by atoms with Crippen LogP contribution in [0.3, 0.4) is 0 Å². The fourth-order valence-electron chi connectivity index (χ4n) is 2.77. The number of nitrogens with two attached hydrogens (primary N) is 1. The molecule has 0 amide bonds. The van der Waals surface area contributed by atoms with Crippen LogP contribution in [0, 0.1) is 0 Å². The van der Waals surface area contributed by atoms with Crippen molar-refractivity contribution < 1.29 is 4.74 Å². The SMILES string of the molecule is COc1cnn(C)c1C(N)C1Cc2ccccc21. The van der Waals surface area contributed by atoms with E-state index in [1.54, 1.807) is 13.3 Å². The normalized spacial score (nSPS) is 18.9. The van der Waals surface area contributed by atoms with Crippen molar-refractivity contribution in [1.29, 1.82) is 0 Å². The molecule has 18 heavy (non-hydrogen) atoms. The summed E-state index contributed by atoms with van der Waals surface area (Å²) in [6.45, 7) is 0. The lowest BCUT2D eigenvalue weighted by atomic mass is 9.73. The molecule has 0 saturated heterocycles. The monoisotopic (exact) mass is 243 g/mol. The van der Waals surface area contributed by atoms with Gasteiger partial charge in [-0.1, -0.05) is 24.3 Å². The topological polar surface area (TPSA) is 53.1 Å². The summed E-state index contributed by atoms with van der Waals surface area (Å²) in [6.07, 6.45) is 2.76. The van der Waals surface area contributed by atoms with Crippen LogP contribution in [0.15, 0.2) is 30.5 Å². The van der Waals surface area contributed by atoms with Crippen molar-refractivity contribution in [2.45, 2.75) is 18.4 Å². The van der Waals surface area contributed by atoms with Gasteiger partial charge in [-0.3, -0.25) is 4.68 Å². The highest BCUT2D eigenvalue weighted by atomic mass is 16.5. The molecule has 2 atom stereocenters. The van der Waals surface area contributed by atoms with Crippen LogP contribution in [-0.2, 0) is 13.5 Å². The molecule has 2 N–H and O–H groups in total. The minimum Gasteiger partial charge on any atom is -0.493 e. The molecular formula is C14H17N3O. The maximum absolute atomic E-state index is 6.40. The van der Waals surface area contributed by atoms with Gasteiger partial charge < -0.3 is 10.5 Å². The van der Waals surface area contributed by atoms with E-state index < -0.39 is 0 Å². The third-order valence-corrected chi connectivity index (χ3v) is 3.81. The smallest absolute Gasteiger partial charge is 0.161 e. The van der Waals surface area contributed by atoms with Crippen molar-refractivity contribution in [2.75, 3.05) is 7.11 Å². The van der Waals surface area contributed by atoms with Gasteiger partial charge in [-0.15, -0.1) is 0 Å². The number of methoxy groups -OCH3 is 1. The average Bonchev–Trinajstić information content (AvgIpc) is 2.72. The van der Waals surface area contributed by atoms with Gasteiger partial charge in [0.15, 0.2) is 5.75 Å². The Balaban J connectivity index is 1.93. The summed E-state index contributed by atoms with van der Waals surface area (Å²) in [7, 11) is 3.56. The molecule has 0 bridgehead atoms. The molecule has 1 heterocycles. The summed E-state index contributed by atoms with van der Waals surface area (Å²) in [5.41, 5.74) is 10.1. The van der Waals surface area contributed by atoms with Gasteiger partial charge in [0.05, 0.1) is 25.0 Å². The Bertz CT molecular complexity index is 576. The quantitative estimate of drug-likeness (QED) is 0.893. The number of rotatable bonds is 3. The first-order valence-electron chi connectivity index (χ1n) is 6.11. The molecule has 4 heteroatoms. The molecule has 0 fully saturated rings. The van der Waals surface area contributed by atoms with E-state index in [0.717, 1.165) is 17.9 Å². The van der Waals surface area contributed by atoms with Crippen LogP contribution in [0.25, 0.3) is 0 Å². The van der Waals surface area contributed by atoms with Crippen molar-refractivity contribution in [3.8, 4) is 5.75 Å². The van der Waals surface area contributed by atoms with E-state index in [2.05, 4.69) is 29.4 Å². The summed E-state index contributed by atoms with van der Waals surface area (Å²) in [5.74, 6) is 1.14. The Morgan fingerprint density at radius 3 is 2.94 bits per heavy atom. The number of hydrogen-bond acceptors (Lipinski definition) is 3. The number of nitrogens with zero attached hydrogens (tertiary/aromatic N) is 2. The largest absolute Gasteiger partial charge is 0.493 e. The maximum atomic E-state index is 6.40. The zero-order valence-corrected chi connectivity index (χ0v) is 10.6. The fourth-order valence-corrected chi connectivity index (χ4v) is 2.77. The van der Waals surface area contributed by atoms with Gasteiger partial charge in [-0.25, -0.2) is 0 Å². The summed E-state index contributed by atoms with van der Waals surface area (Å²) < 4.78 is 7.14. The molecule has 0 aliphatic heterocycles. The molecule has 0 spiro atoms. The van der Waals surface area contributed by atoms with Crippen molar-refractivity contribution in [3.63, 3.8) is 0 Å². The lowest BCUT2D eigenvalue weighted by molar-refractivity contribution is 0.390. The first kappa shape index (κ1) is 11.3. The van der Waals surface area contributed by atoms with E-state index in [-0.39, 0.29) is 6.04 Å². The third kappa shape index (κ3) is 1.53. The summed E-state index contributed by atoms with van der Waals surface area (Å²) in [6, 6.07) is 8.40. The van der Waals surface area contributed by atoms with E-state index in [0.29, 0.717) is 5.92 Å². The second-order valence-electron chi connectivity index (χ2n) is 4.76. The molecule has 2 aromatic rings. The number of aryl methyl sites for hydroxylation is 1. The van der Waals surface area contributed by atoms with Crippen molar-refractivity contribution in [2.24, 2.45) is 12.8 Å². The molecule has 1 aromatic carbocycles. The van der Waals surface area contributed by atoms with E-state index in [9.17, 15) is 0 Å². The Morgan fingerprint density at radius 1 is 1.44 bits per heavy atom. The fraction of sp³-hybridized carbons (Fsp3) is 0.357. The number of aromatic nitrogens is 2. The van der Waals surface area contributed by atoms with Crippen LogP contribution in [0.2, 0.25) is 0 Å². The number of ether oxygens (including phenoxy) is 1. The van der Waals surface area contributed by atoms with Crippen LogP contribution in [0.4, 0.5) is 0 Å². The zero-order chi connectivity index (χ0) is 12.7. The Morgan fingerprint density at radius 2 is 2.22 bits per heavy atom.